The fourth-order valence-electron chi connectivity index (χ4n) is 3.18. The lowest BCUT2D eigenvalue weighted by Gasteiger charge is -2.22. The van der Waals surface area contributed by atoms with Crippen molar-refractivity contribution in [1.29, 1.82) is 0 Å². The van der Waals surface area contributed by atoms with Gasteiger partial charge < -0.3 is 9.47 Å². The van der Waals surface area contributed by atoms with Crippen molar-refractivity contribution in [2.24, 2.45) is 0 Å². The van der Waals surface area contributed by atoms with Crippen molar-refractivity contribution >= 4 is 29.1 Å². The number of amides is 1. The molecule has 0 spiro atoms. The average molecular weight is 413 g/mol. The van der Waals surface area contributed by atoms with Crippen molar-refractivity contribution in [3.8, 4) is 0 Å². The Balaban J connectivity index is 1.82. The van der Waals surface area contributed by atoms with Crippen LogP contribution in [-0.2, 0) is 13.1 Å². The molecule has 28 heavy (non-hydrogen) atoms. The van der Waals surface area contributed by atoms with E-state index in [2.05, 4.69) is 42.3 Å². The minimum atomic E-state index is -0.132. The largest absolute Gasteiger partial charge is 0.345 e. The first-order valence-corrected chi connectivity index (χ1v) is 9.77. The van der Waals surface area contributed by atoms with Gasteiger partial charge in [-0.1, -0.05) is 59.1 Å². The maximum Gasteiger partial charge on any atom is 0.254 e. The maximum atomic E-state index is 13.0. The van der Waals surface area contributed by atoms with E-state index >= 15 is 0 Å². The Labute approximate surface area is 175 Å². The summed E-state index contributed by atoms with van der Waals surface area (Å²) in [6, 6.07) is 17.3. The van der Waals surface area contributed by atoms with E-state index in [-0.39, 0.29) is 5.91 Å². The summed E-state index contributed by atoms with van der Waals surface area (Å²) in [5, 5.41) is 0.884. The van der Waals surface area contributed by atoms with Crippen molar-refractivity contribution < 1.29 is 4.79 Å². The van der Waals surface area contributed by atoms with Crippen molar-refractivity contribution in [3.63, 3.8) is 0 Å². The second-order valence-electron chi connectivity index (χ2n) is 6.75. The molecule has 5 heteroatoms. The molecular formula is C23H22Cl2N2O. The lowest BCUT2D eigenvalue weighted by atomic mass is 10.1. The van der Waals surface area contributed by atoms with E-state index in [1.54, 1.807) is 29.2 Å². The number of hydrogen-bond acceptors (Lipinski definition) is 1. The van der Waals surface area contributed by atoms with Crippen molar-refractivity contribution in [3.05, 3.63) is 106 Å². The van der Waals surface area contributed by atoms with Gasteiger partial charge in [0.1, 0.15) is 0 Å². The van der Waals surface area contributed by atoms with Gasteiger partial charge in [-0.25, -0.2) is 0 Å². The molecule has 0 fully saturated rings. The summed E-state index contributed by atoms with van der Waals surface area (Å²) in [7, 11) is 0. The summed E-state index contributed by atoms with van der Waals surface area (Å²) in [5.74, 6) is -0.132. The third-order valence-electron chi connectivity index (χ3n) is 4.46. The van der Waals surface area contributed by atoms with Crippen LogP contribution in [0.5, 0.6) is 0 Å². The van der Waals surface area contributed by atoms with Crippen LogP contribution < -0.4 is 0 Å². The van der Waals surface area contributed by atoms with E-state index in [1.807, 2.05) is 18.3 Å². The standard InChI is InChI=1S/C23H22Cl2N2O/c1-3-9-27(23(28)19-12-20(24)14-21(25)13-19)16-22-8-5-10-26(22)15-18-7-4-6-17(2)11-18/h3-8,10-14H,1,9,15-16H2,2H3. The Morgan fingerprint density at radius 2 is 1.86 bits per heavy atom. The Hall–Kier alpha value is -2.49. The average Bonchev–Trinajstić information content (AvgIpc) is 3.06. The van der Waals surface area contributed by atoms with Crippen molar-refractivity contribution in [1.82, 2.24) is 9.47 Å². The van der Waals surface area contributed by atoms with Crippen LogP contribution in [-0.4, -0.2) is 21.9 Å². The van der Waals surface area contributed by atoms with Crippen LogP contribution in [0.25, 0.3) is 0 Å². The fourth-order valence-corrected chi connectivity index (χ4v) is 3.71. The molecule has 0 radical (unpaired) electrons. The highest BCUT2D eigenvalue weighted by atomic mass is 35.5. The highest BCUT2D eigenvalue weighted by Gasteiger charge is 2.18. The van der Waals surface area contributed by atoms with Gasteiger partial charge >= 0.3 is 0 Å². The second kappa shape index (κ2) is 9.13. The first-order chi connectivity index (χ1) is 13.5. The predicted octanol–water partition coefficient (Wildman–Crippen LogP) is 5.98. The minimum Gasteiger partial charge on any atom is -0.345 e. The SMILES string of the molecule is C=CCN(Cc1cccn1Cc1cccc(C)c1)C(=O)c1cc(Cl)cc(Cl)c1. The zero-order chi connectivity index (χ0) is 20.1. The van der Waals surface area contributed by atoms with Crippen LogP contribution in [0.1, 0.15) is 27.2 Å². The molecular weight excluding hydrogens is 391 g/mol. The van der Waals surface area contributed by atoms with E-state index in [0.717, 1.165) is 12.2 Å². The van der Waals surface area contributed by atoms with Crippen molar-refractivity contribution in [2.45, 2.75) is 20.0 Å². The molecule has 3 nitrogen and oxygen atoms in total. The zero-order valence-corrected chi connectivity index (χ0v) is 17.2. The number of aromatic nitrogens is 1. The number of hydrogen-bond donors (Lipinski definition) is 0. The molecule has 1 aromatic heterocycles. The molecule has 144 valence electrons. The molecule has 3 aromatic rings. The monoisotopic (exact) mass is 412 g/mol. The molecule has 2 aromatic carbocycles. The van der Waals surface area contributed by atoms with Gasteiger partial charge in [0.05, 0.1) is 6.54 Å². The van der Waals surface area contributed by atoms with Crippen LogP contribution in [0.3, 0.4) is 0 Å². The van der Waals surface area contributed by atoms with E-state index in [9.17, 15) is 4.79 Å². The summed E-state index contributed by atoms with van der Waals surface area (Å²) >= 11 is 12.1. The fraction of sp³-hybridized carbons (Fsp3) is 0.174. The first kappa shape index (κ1) is 20.2. The summed E-state index contributed by atoms with van der Waals surface area (Å²) in [6.45, 7) is 7.52. The normalized spacial score (nSPS) is 10.7. The molecule has 0 unspecified atom stereocenters. The minimum absolute atomic E-state index is 0.132. The lowest BCUT2D eigenvalue weighted by Crippen LogP contribution is -2.31. The van der Waals surface area contributed by atoms with Gasteiger partial charge in [0.15, 0.2) is 0 Å². The van der Waals surface area contributed by atoms with Gasteiger partial charge in [0, 0.05) is 40.6 Å². The van der Waals surface area contributed by atoms with Gasteiger partial charge in [-0.2, -0.15) is 0 Å². The Morgan fingerprint density at radius 1 is 1.11 bits per heavy atom. The van der Waals surface area contributed by atoms with E-state index in [0.29, 0.717) is 28.7 Å². The number of carbonyl (C=O) groups is 1. The zero-order valence-electron chi connectivity index (χ0n) is 15.7. The van der Waals surface area contributed by atoms with Gasteiger partial charge in [0.25, 0.3) is 5.91 Å². The van der Waals surface area contributed by atoms with Gasteiger partial charge in [-0.15, -0.1) is 6.58 Å². The number of halogens is 2. The smallest absolute Gasteiger partial charge is 0.254 e. The van der Waals surface area contributed by atoms with Gasteiger partial charge in [-0.05, 0) is 42.8 Å². The Kier molecular flexibility index (Phi) is 6.61. The van der Waals surface area contributed by atoms with Gasteiger partial charge in [-0.3, -0.25) is 4.79 Å². The molecule has 0 atom stereocenters. The Morgan fingerprint density at radius 3 is 2.54 bits per heavy atom. The summed E-state index contributed by atoms with van der Waals surface area (Å²) < 4.78 is 2.16. The molecule has 1 amide bonds. The van der Waals surface area contributed by atoms with Crippen LogP contribution in [0.2, 0.25) is 10.0 Å². The number of rotatable bonds is 7. The highest BCUT2D eigenvalue weighted by Crippen LogP contribution is 2.21. The van der Waals surface area contributed by atoms with Crippen LogP contribution >= 0.6 is 23.2 Å². The molecule has 0 N–H and O–H groups in total. The van der Waals surface area contributed by atoms with E-state index in [1.165, 1.54) is 11.1 Å². The molecule has 0 bridgehead atoms. The quantitative estimate of drug-likeness (QED) is 0.438. The topological polar surface area (TPSA) is 25.2 Å². The molecule has 0 saturated carbocycles. The summed E-state index contributed by atoms with van der Waals surface area (Å²) in [5.41, 5.74) is 3.97. The maximum absolute atomic E-state index is 13.0. The number of aryl methyl sites for hydroxylation is 1. The van der Waals surface area contributed by atoms with E-state index < -0.39 is 0 Å². The van der Waals surface area contributed by atoms with Crippen LogP contribution in [0.4, 0.5) is 0 Å². The third-order valence-corrected chi connectivity index (χ3v) is 4.89. The second-order valence-corrected chi connectivity index (χ2v) is 7.62. The molecule has 0 aliphatic carbocycles. The van der Waals surface area contributed by atoms with Gasteiger partial charge in [0.2, 0.25) is 0 Å². The molecule has 1 heterocycles. The summed E-state index contributed by atoms with van der Waals surface area (Å²) in [6.07, 6.45) is 3.75. The first-order valence-electron chi connectivity index (χ1n) is 9.02. The molecule has 0 aliphatic rings. The van der Waals surface area contributed by atoms with Crippen LogP contribution in [0, 0.1) is 6.92 Å². The number of carbonyl (C=O) groups excluding carboxylic acids is 1. The van der Waals surface area contributed by atoms with E-state index in [4.69, 9.17) is 23.2 Å². The summed E-state index contributed by atoms with van der Waals surface area (Å²) in [4.78, 5) is 14.8. The molecule has 0 aliphatic heterocycles. The predicted molar refractivity (Wildman–Crippen MR) is 116 cm³/mol. The number of nitrogens with zero attached hydrogens (tertiary/aromatic N) is 2. The highest BCUT2D eigenvalue weighted by molar-refractivity contribution is 6.35. The molecule has 3 rings (SSSR count). The van der Waals surface area contributed by atoms with Crippen molar-refractivity contribution in [2.75, 3.05) is 6.54 Å². The Bertz CT molecular complexity index is 974. The third kappa shape index (κ3) is 5.06. The molecule has 0 saturated heterocycles. The number of benzene rings is 2. The van der Waals surface area contributed by atoms with Crippen LogP contribution in [0.15, 0.2) is 73.4 Å². The lowest BCUT2D eigenvalue weighted by molar-refractivity contribution is 0.0759.